The third kappa shape index (κ3) is 3.86. The number of halogens is 1. The molecule has 0 spiro atoms. The first-order valence-electron chi connectivity index (χ1n) is 10.6. The van der Waals surface area contributed by atoms with Crippen molar-refractivity contribution in [2.45, 2.75) is 32.0 Å². The second-order valence-corrected chi connectivity index (χ2v) is 8.89. The molecule has 1 aromatic carbocycles. The number of benzene rings is 1. The molecule has 4 heterocycles. The molecule has 0 saturated carbocycles. The van der Waals surface area contributed by atoms with Gasteiger partial charge < -0.3 is 20.5 Å². The van der Waals surface area contributed by atoms with Crippen molar-refractivity contribution in [1.82, 2.24) is 24.9 Å². The van der Waals surface area contributed by atoms with E-state index in [-0.39, 0.29) is 12.1 Å². The average molecular weight is 497 g/mol. The first-order valence-corrected chi connectivity index (χ1v) is 11.4. The van der Waals surface area contributed by atoms with Gasteiger partial charge in [0.1, 0.15) is 5.82 Å². The van der Waals surface area contributed by atoms with E-state index >= 15 is 0 Å². The molecule has 9 heteroatoms. The number of aromatic nitrogens is 4. The Bertz CT molecular complexity index is 1290. The summed E-state index contributed by atoms with van der Waals surface area (Å²) < 4.78 is 13.5. The third-order valence-electron chi connectivity index (χ3n) is 5.98. The van der Waals surface area contributed by atoms with E-state index in [0.29, 0.717) is 31.2 Å². The van der Waals surface area contributed by atoms with Crippen LogP contribution in [0.5, 0.6) is 0 Å². The molecule has 8 nitrogen and oxygen atoms in total. The van der Waals surface area contributed by atoms with Gasteiger partial charge in [0.15, 0.2) is 5.65 Å². The van der Waals surface area contributed by atoms with Crippen LogP contribution in [0.4, 0.5) is 5.82 Å². The van der Waals surface area contributed by atoms with Crippen molar-refractivity contribution in [2.24, 2.45) is 0 Å². The van der Waals surface area contributed by atoms with E-state index in [0.717, 1.165) is 38.6 Å². The summed E-state index contributed by atoms with van der Waals surface area (Å²) in [6.07, 6.45) is 4.55. The molecule has 0 aliphatic carbocycles. The van der Waals surface area contributed by atoms with E-state index in [2.05, 4.69) is 56.5 Å². The van der Waals surface area contributed by atoms with Gasteiger partial charge in [0.2, 0.25) is 0 Å². The summed E-state index contributed by atoms with van der Waals surface area (Å²) in [5, 5.41) is 9.12. The lowest BCUT2D eigenvalue weighted by Gasteiger charge is -2.31. The number of methoxy groups -OCH3 is 1. The van der Waals surface area contributed by atoms with Crippen LogP contribution in [-0.4, -0.2) is 52.1 Å². The summed E-state index contributed by atoms with van der Waals surface area (Å²) in [7, 11) is 1.71. The number of nitrogens with zero attached hydrogens (tertiary/aromatic N) is 4. The molecule has 0 bridgehead atoms. The molecule has 166 valence electrons. The monoisotopic (exact) mass is 496 g/mol. The SMILES string of the molecule is COC1COCCC1NCc1nc2c(-c3cnc4ccc(C)cc4c3)cnn2c(N)c1Br. The summed E-state index contributed by atoms with van der Waals surface area (Å²) in [6.45, 7) is 3.93. The predicted molar refractivity (Wildman–Crippen MR) is 127 cm³/mol. The van der Waals surface area contributed by atoms with Crippen LogP contribution in [0.15, 0.2) is 41.1 Å². The molecule has 32 heavy (non-hydrogen) atoms. The predicted octanol–water partition coefficient (Wildman–Crippen LogP) is 3.49. The number of pyridine rings is 1. The molecule has 1 fully saturated rings. The van der Waals surface area contributed by atoms with Crippen molar-refractivity contribution in [2.75, 3.05) is 26.1 Å². The van der Waals surface area contributed by atoms with Gasteiger partial charge in [-0.05, 0) is 47.5 Å². The lowest BCUT2D eigenvalue weighted by Crippen LogP contribution is -2.47. The Morgan fingerprint density at radius 1 is 1.31 bits per heavy atom. The van der Waals surface area contributed by atoms with Crippen molar-refractivity contribution in [3.63, 3.8) is 0 Å². The van der Waals surface area contributed by atoms with Crippen LogP contribution in [0.2, 0.25) is 0 Å². The largest absolute Gasteiger partial charge is 0.383 e. The number of nitrogens with one attached hydrogen (secondary N) is 1. The van der Waals surface area contributed by atoms with Gasteiger partial charge in [-0.1, -0.05) is 11.6 Å². The first-order chi connectivity index (χ1) is 15.5. The topological polar surface area (TPSA) is 99.6 Å². The standard InChI is InChI=1S/C23H25BrN6O2/c1-13-3-4-17-14(7-13)8-15(9-26-17)16-10-28-30-22(25)21(24)19(29-23(16)30)11-27-18-5-6-32-12-20(18)31-2/h3-4,7-10,18,20,27H,5-6,11-12,25H2,1-2H3. The smallest absolute Gasteiger partial charge is 0.165 e. The number of hydrogen-bond acceptors (Lipinski definition) is 7. The number of ether oxygens (including phenoxy) is 2. The van der Waals surface area contributed by atoms with Crippen LogP contribution >= 0.6 is 15.9 Å². The summed E-state index contributed by atoms with van der Waals surface area (Å²) in [4.78, 5) is 9.54. The van der Waals surface area contributed by atoms with Gasteiger partial charge in [0.25, 0.3) is 0 Å². The van der Waals surface area contributed by atoms with Crippen LogP contribution in [0.1, 0.15) is 17.7 Å². The maximum Gasteiger partial charge on any atom is 0.165 e. The molecule has 2 atom stereocenters. The normalized spacial score (nSPS) is 19.1. The number of anilines is 1. The second-order valence-electron chi connectivity index (χ2n) is 8.10. The number of aryl methyl sites for hydroxylation is 1. The fraction of sp³-hybridized carbons (Fsp3) is 0.348. The fourth-order valence-corrected chi connectivity index (χ4v) is 4.56. The van der Waals surface area contributed by atoms with Crippen molar-refractivity contribution in [3.8, 4) is 11.1 Å². The van der Waals surface area contributed by atoms with Gasteiger partial charge in [0, 0.05) is 49.0 Å². The van der Waals surface area contributed by atoms with Crippen LogP contribution in [0, 0.1) is 6.92 Å². The lowest BCUT2D eigenvalue weighted by atomic mass is 10.1. The highest BCUT2D eigenvalue weighted by atomic mass is 79.9. The fourth-order valence-electron chi connectivity index (χ4n) is 4.17. The number of nitrogens with two attached hydrogens (primary N) is 1. The minimum Gasteiger partial charge on any atom is -0.383 e. The summed E-state index contributed by atoms with van der Waals surface area (Å²) >= 11 is 3.61. The molecule has 1 saturated heterocycles. The van der Waals surface area contributed by atoms with E-state index < -0.39 is 0 Å². The Kier molecular flexibility index (Phi) is 5.81. The van der Waals surface area contributed by atoms with E-state index in [1.807, 2.05) is 12.3 Å². The minimum atomic E-state index is 0.0151. The minimum absolute atomic E-state index is 0.0151. The Labute approximate surface area is 194 Å². The summed E-state index contributed by atoms with van der Waals surface area (Å²) in [6, 6.07) is 8.54. The Morgan fingerprint density at radius 2 is 2.19 bits per heavy atom. The third-order valence-corrected chi connectivity index (χ3v) is 6.84. The molecule has 1 aliphatic heterocycles. The first kappa shape index (κ1) is 21.3. The molecular formula is C23H25BrN6O2. The highest BCUT2D eigenvalue weighted by Crippen LogP contribution is 2.31. The van der Waals surface area contributed by atoms with E-state index in [9.17, 15) is 0 Å². The maximum atomic E-state index is 6.41. The Morgan fingerprint density at radius 3 is 3.03 bits per heavy atom. The Hall–Kier alpha value is -2.59. The highest BCUT2D eigenvalue weighted by molar-refractivity contribution is 9.10. The molecule has 1 aliphatic rings. The second kappa shape index (κ2) is 8.74. The molecule has 2 unspecified atom stereocenters. The van der Waals surface area contributed by atoms with Crippen molar-refractivity contribution < 1.29 is 9.47 Å². The number of rotatable bonds is 5. The van der Waals surface area contributed by atoms with Crippen LogP contribution in [-0.2, 0) is 16.0 Å². The zero-order valence-electron chi connectivity index (χ0n) is 18.0. The van der Waals surface area contributed by atoms with Crippen molar-refractivity contribution >= 4 is 38.3 Å². The van der Waals surface area contributed by atoms with Crippen LogP contribution < -0.4 is 11.1 Å². The van der Waals surface area contributed by atoms with Gasteiger partial charge in [-0.3, -0.25) is 4.98 Å². The van der Waals surface area contributed by atoms with Gasteiger partial charge in [-0.15, -0.1) is 0 Å². The van der Waals surface area contributed by atoms with E-state index in [1.165, 1.54) is 5.56 Å². The molecule has 0 amide bonds. The molecule has 5 rings (SSSR count). The molecule has 4 aromatic rings. The van der Waals surface area contributed by atoms with E-state index in [1.54, 1.807) is 17.8 Å². The number of nitrogen functional groups attached to an aromatic ring is 1. The molecule has 0 radical (unpaired) electrons. The zero-order valence-corrected chi connectivity index (χ0v) is 19.6. The lowest BCUT2D eigenvalue weighted by molar-refractivity contribution is -0.0502. The van der Waals surface area contributed by atoms with Gasteiger partial charge in [-0.25, -0.2) is 4.98 Å². The van der Waals surface area contributed by atoms with Gasteiger partial charge >= 0.3 is 0 Å². The molecule has 3 aromatic heterocycles. The van der Waals surface area contributed by atoms with E-state index in [4.69, 9.17) is 20.2 Å². The number of fused-ring (bicyclic) bond motifs is 2. The highest BCUT2D eigenvalue weighted by Gasteiger charge is 2.26. The van der Waals surface area contributed by atoms with Gasteiger partial charge in [0.05, 0.1) is 34.6 Å². The molecular weight excluding hydrogens is 472 g/mol. The van der Waals surface area contributed by atoms with Crippen molar-refractivity contribution in [1.29, 1.82) is 0 Å². The average Bonchev–Trinajstić information content (AvgIpc) is 3.24. The van der Waals surface area contributed by atoms with Gasteiger partial charge in [-0.2, -0.15) is 9.61 Å². The summed E-state index contributed by atoms with van der Waals surface area (Å²) in [5.74, 6) is 0.512. The van der Waals surface area contributed by atoms with Crippen molar-refractivity contribution in [3.05, 3.63) is 52.4 Å². The number of hydrogen-bond donors (Lipinski definition) is 2. The Balaban J connectivity index is 1.51. The summed E-state index contributed by atoms with van der Waals surface area (Å²) in [5.41, 5.74) is 11.9. The maximum absolute atomic E-state index is 6.41. The van der Waals surface area contributed by atoms with Crippen LogP contribution in [0.25, 0.3) is 27.7 Å². The zero-order chi connectivity index (χ0) is 22.2. The molecule has 3 N–H and O–H groups in total. The quantitative estimate of drug-likeness (QED) is 0.436. The van der Waals surface area contributed by atoms with Crippen LogP contribution in [0.3, 0.4) is 0 Å².